The van der Waals surface area contributed by atoms with Gasteiger partial charge in [0, 0.05) is 5.69 Å². The normalized spacial score (nSPS) is 11.3. The number of nitrogens with one attached hydrogen (secondary N) is 1. The molecule has 0 saturated carbocycles. The molecule has 0 spiro atoms. The molecule has 2 aromatic carbocycles. The number of amides is 1. The van der Waals surface area contributed by atoms with E-state index in [0.29, 0.717) is 27.4 Å². The lowest BCUT2D eigenvalue weighted by Gasteiger charge is -2.19. The van der Waals surface area contributed by atoms with E-state index in [9.17, 15) is 4.79 Å². The van der Waals surface area contributed by atoms with E-state index < -0.39 is 0 Å². The standard InChI is InChI=1S/C19H20ClN5O2S/c1-19(2,3)25-18(22-23-24-25)28-12-17(26)21-13-8-10-14(11-9-13)27-16-7-5-4-6-15(16)20/h4-11H,12H2,1-3H3,(H,21,26). The number of hydrogen-bond acceptors (Lipinski definition) is 6. The quantitative estimate of drug-likeness (QED) is 0.590. The van der Waals surface area contributed by atoms with E-state index in [1.54, 1.807) is 41.1 Å². The van der Waals surface area contributed by atoms with Crippen molar-refractivity contribution >= 4 is 35.0 Å². The summed E-state index contributed by atoms with van der Waals surface area (Å²) in [4.78, 5) is 12.2. The third-order valence-electron chi connectivity index (χ3n) is 3.61. The number of carbonyl (C=O) groups excluding carboxylic acids is 1. The summed E-state index contributed by atoms with van der Waals surface area (Å²) in [6, 6.07) is 14.3. The van der Waals surface area contributed by atoms with Crippen molar-refractivity contribution in [1.29, 1.82) is 0 Å². The monoisotopic (exact) mass is 417 g/mol. The number of benzene rings is 2. The number of nitrogens with zero attached hydrogens (tertiary/aromatic N) is 4. The van der Waals surface area contributed by atoms with Gasteiger partial charge < -0.3 is 10.1 Å². The van der Waals surface area contributed by atoms with Gasteiger partial charge in [-0.25, -0.2) is 4.68 Å². The largest absolute Gasteiger partial charge is 0.456 e. The van der Waals surface area contributed by atoms with E-state index >= 15 is 0 Å². The van der Waals surface area contributed by atoms with Crippen LogP contribution in [0.2, 0.25) is 5.02 Å². The van der Waals surface area contributed by atoms with E-state index in [1.165, 1.54) is 11.8 Å². The van der Waals surface area contributed by atoms with Crippen molar-refractivity contribution in [2.45, 2.75) is 31.5 Å². The van der Waals surface area contributed by atoms with Crippen LogP contribution in [0.4, 0.5) is 5.69 Å². The van der Waals surface area contributed by atoms with E-state index in [0.717, 1.165) is 0 Å². The number of carbonyl (C=O) groups is 1. The van der Waals surface area contributed by atoms with Crippen LogP contribution in [-0.2, 0) is 10.3 Å². The van der Waals surface area contributed by atoms with Gasteiger partial charge >= 0.3 is 0 Å². The summed E-state index contributed by atoms with van der Waals surface area (Å²) < 4.78 is 7.44. The maximum Gasteiger partial charge on any atom is 0.234 e. The number of para-hydroxylation sites is 1. The van der Waals surface area contributed by atoms with Crippen molar-refractivity contribution in [2.75, 3.05) is 11.1 Å². The molecule has 28 heavy (non-hydrogen) atoms. The molecule has 0 radical (unpaired) electrons. The van der Waals surface area contributed by atoms with Crippen LogP contribution in [0.5, 0.6) is 11.5 Å². The van der Waals surface area contributed by atoms with Crippen molar-refractivity contribution in [3.05, 3.63) is 53.6 Å². The predicted octanol–water partition coefficient (Wildman–Crippen LogP) is 4.60. The van der Waals surface area contributed by atoms with Crippen molar-refractivity contribution in [2.24, 2.45) is 0 Å². The molecule has 0 aliphatic rings. The molecule has 1 heterocycles. The fourth-order valence-corrected chi connectivity index (χ4v) is 3.31. The fourth-order valence-electron chi connectivity index (χ4n) is 2.28. The maximum atomic E-state index is 12.2. The van der Waals surface area contributed by atoms with E-state index in [4.69, 9.17) is 16.3 Å². The molecule has 0 saturated heterocycles. The molecule has 0 aliphatic carbocycles. The molecule has 1 amide bonds. The van der Waals surface area contributed by atoms with Crippen LogP contribution in [0.25, 0.3) is 0 Å². The number of anilines is 1. The minimum Gasteiger partial charge on any atom is -0.456 e. The first-order valence-electron chi connectivity index (χ1n) is 8.57. The zero-order valence-electron chi connectivity index (χ0n) is 15.7. The Morgan fingerprint density at radius 1 is 1.18 bits per heavy atom. The second-order valence-electron chi connectivity index (χ2n) is 6.94. The Kier molecular flexibility index (Phi) is 6.21. The van der Waals surface area contributed by atoms with Gasteiger partial charge in [0.25, 0.3) is 0 Å². The molecule has 0 atom stereocenters. The molecular formula is C19H20ClN5O2S. The molecule has 9 heteroatoms. The first kappa shape index (κ1) is 20.2. The van der Waals surface area contributed by atoms with Gasteiger partial charge in [0.1, 0.15) is 11.5 Å². The van der Waals surface area contributed by atoms with Gasteiger partial charge in [-0.2, -0.15) is 0 Å². The van der Waals surface area contributed by atoms with Crippen LogP contribution in [0.15, 0.2) is 53.7 Å². The lowest BCUT2D eigenvalue weighted by Crippen LogP contribution is -2.24. The van der Waals surface area contributed by atoms with E-state index in [2.05, 4.69) is 20.8 Å². The minimum atomic E-state index is -0.250. The van der Waals surface area contributed by atoms with Crippen molar-refractivity contribution in [3.8, 4) is 11.5 Å². The number of ether oxygens (including phenoxy) is 1. The Hall–Kier alpha value is -2.58. The SMILES string of the molecule is CC(C)(C)n1nnnc1SCC(=O)Nc1ccc(Oc2ccccc2Cl)cc1. The molecule has 146 valence electrons. The Bertz CT molecular complexity index is 953. The number of thioether (sulfide) groups is 1. The molecular weight excluding hydrogens is 398 g/mol. The molecule has 3 aromatic rings. The van der Waals surface area contributed by atoms with Gasteiger partial charge in [-0.15, -0.1) is 5.10 Å². The van der Waals surface area contributed by atoms with Crippen LogP contribution in [-0.4, -0.2) is 31.9 Å². The molecule has 0 fully saturated rings. The minimum absolute atomic E-state index is 0.145. The lowest BCUT2D eigenvalue weighted by atomic mass is 10.1. The van der Waals surface area contributed by atoms with Crippen molar-refractivity contribution in [1.82, 2.24) is 20.2 Å². The second-order valence-corrected chi connectivity index (χ2v) is 8.29. The number of aromatic nitrogens is 4. The van der Waals surface area contributed by atoms with Gasteiger partial charge in [-0.05, 0) is 67.6 Å². The Morgan fingerprint density at radius 3 is 2.57 bits per heavy atom. The Labute approximate surface area is 172 Å². The van der Waals surface area contributed by atoms with Crippen molar-refractivity contribution < 1.29 is 9.53 Å². The molecule has 1 aromatic heterocycles. The highest BCUT2D eigenvalue weighted by atomic mass is 35.5. The maximum absolute atomic E-state index is 12.2. The topological polar surface area (TPSA) is 81.9 Å². The average molecular weight is 418 g/mol. The van der Waals surface area contributed by atoms with E-state index in [1.807, 2.05) is 32.9 Å². The zero-order valence-corrected chi connectivity index (χ0v) is 17.3. The molecule has 0 bridgehead atoms. The number of hydrogen-bond donors (Lipinski definition) is 1. The molecule has 3 rings (SSSR count). The van der Waals surface area contributed by atoms with E-state index in [-0.39, 0.29) is 17.2 Å². The van der Waals surface area contributed by atoms with Gasteiger partial charge in [0.15, 0.2) is 0 Å². The highest BCUT2D eigenvalue weighted by molar-refractivity contribution is 7.99. The first-order valence-corrected chi connectivity index (χ1v) is 9.93. The third kappa shape index (κ3) is 5.24. The first-order chi connectivity index (χ1) is 13.3. The molecule has 7 nitrogen and oxygen atoms in total. The lowest BCUT2D eigenvalue weighted by molar-refractivity contribution is -0.113. The number of halogens is 1. The number of tetrazole rings is 1. The van der Waals surface area contributed by atoms with Gasteiger partial charge in [0.05, 0.1) is 16.3 Å². The fraction of sp³-hybridized carbons (Fsp3) is 0.263. The predicted molar refractivity (Wildman–Crippen MR) is 110 cm³/mol. The molecule has 0 aliphatic heterocycles. The summed E-state index contributed by atoms with van der Waals surface area (Å²) in [5.41, 5.74) is 0.423. The number of rotatable bonds is 6. The van der Waals surface area contributed by atoms with Gasteiger partial charge in [-0.3, -0.25) is 4.79 Å². The smallest absolute Gasteiger partial charge is 0.234 e. The van der Waals surface area contributed by atoms with Crippen LogP contribution >= 0.6 is 23.4 Å². The highest BCUT2D eigenvalue weighted by Gasteiger charge is 2.20. The van der Waals surface area contributed by atoms with Crippen LogP contribution in [0, 0.1) is 0 Å². The summed E-state index contributed by atoms with van der Waals surface area (Å²) in [5.74, 6) is 1.26. The Balaban J connectivity index is 1.55. The average Bonchev–Trinajstić information content (AvgIpc) is 3.13. The third-order valence-corrected chi connectivity index (χ3v) is 4.84. The highest BCUT2D eigenvalue weighted by Crippen LogP contribution is 2.29. The summed E-state index contributed by atoms with van der Waals surface area (Å²) in [6.07, 6.45) is 0. The summed E-state index contributed by atoms with van der Waals surface area (Å²) >= 11 is 7.38. The van der Waals surface area contributed by atoms with Crippen LogP contribution < -0.4 is 10.1 Å². The Morgan fingerprint density at radius 2 is 1.89 bits per heavy atom. The van der Waals surface area contributed by atoms with Crippen molar-refractivity contribution in [3.63, 3.8) is 0 Å². The molecule has 0 unspecified atom stereocenters. The molecule has 1 N–H and O–H groups in total. The summed E-state index contributed by atoms with van der Waals surface area (Å²) in [5, 5.41) is 15.6. The second kappa shape index (κ2) is 8.62. The van der Waals surface area contributed by atoms with Gasteiger partial charge in [-0.1, -0.05) is 35.5 Å². The van der Waals surface area contributed by atoms with Gasteiger partial charge in [0.2, 0.25) is 11.1 Å². The summed E-state index contributed by atoms with van der Waals surface area (Å²) in [6.45, 7) is 6.00. The van der Waals surface area contributed by atoms with Crippen LogP contribution in [0.1, 0.15) is 20.8 Å². The zero-order chi connectivity index (χ0) is 20.1. The summed E-state index contributed by atoms with van der Waals surface area (Å²) in [7, 11) is 0. The van der Waals surface area contributed by atoms with Crippen LogP contribution in [0.3, 0.4) is 0 Å².